The Morgan fingerprint density at radius 2 is 1.21 bits per heavy atom. The van der Waals surface area contributed by atoms with Gasteiger partial charge in [-0.1, -0.05) is 149 Å². The van der Waals surface area contributed by atoms with E-state index in [0.29, 0.717) is 11.5 Å². The van der Waals surface area contributed by atoms with Gasteiger partial charge in [0.2, 0.25) is 6.33 Å². The third-order valence-corrected chi connectivity index (χ3v) is 13.1. The zero-order valence-corrected chi connectivity index (χ0v) is 40.6. The Kier molecular flexibility index (Phi) is 9.41. The van der Waals surface area contributed by atoms with Crippen molar-refractivity contribution in [1.29, 1.82) is 0 Å². The van der Waals surface area contributed by atoms with Crippen LogP contribution in [0.2, 0.25) is 0 Å². The molecular formula is C56H56N4OPt-2. The number of benzene rings is 6. The molecule has 0 radical (unpaired) electrons. The van der Waals surface area contributed by atoms with Gasteiger partial charge in [-0.2, -0.15) is 17.2 Å². The summed E-state index contributed by atoms with van der Waals surface area (Å²) in [5, 5.41) is 5.77. The van der Waals surface area contributed by atoms with Gasteiger partial charge >= 0.3 is 0 Å². The third kappa shape index (κ3) is 6.20. The maximum Gasteiger partial charge on any atom is 0.242 e. The molecule has 1 aliphatic heterocycles. The Balaban J connectivity index is 0.00000490. The average Bonchev–Trinajstić information content (AvgIpc) is 3.86. The monoisotopic (exact) mass is 995 g/mol. The smallest absolute Gasteiger partial charge is 0.242 e. The van der Waals surface area contributed by atoms with Crippen molar-refractivity contribution in [3.05, 3.63) is 166 Å². The Morgan fingerprint density at radius 1 is 0.613 bits per heavy atom. The molecule has 5 nitrogen and oxygen atoms in total. The molecule has 1 spiro atoms. The molecule has 0 unspecified atom stereocenters. The molecule has 3 heterocycles. The van der Waals surface area contributed by atoms with E-state index in [-0.39, 0.29) is 42.7 Å². The number of aryl methyl sites for hydroxylation is 1. The molecule has 318 valence electrons. The Morgan fingerprint density at radius 3 is 1.82 bits per heavy atom. The normalized spacial score (nSPS) is 14.2. The number of para-hydroxylation sites is 2. The SMILES string of the molecule is C[n+]1[c-]n2c3c(cccc31)C1(c3ccc(Oc4[c-]c(-n5ncc6ccccc65)ccc4)[c-]c3-2)c2c(cc(C(C)(C)C)cc2C(C)(C)C)-c2cc(C(C)(C)C)cc(C(C)(C)C)c21.[Pt]. The van der Waals surface area contributed by atoms with Crippen LogP contribution in [0, 0.1) is 18.5 Å². The van der Waals surface area contributed by atoms with E-state index in [1.807, 2.05) is 41.2 Å². The summed E-state index contributed by atoms with van der Waals surface area (Å²) in [5.41, 5.74) is 17.2. The summed E-state index contributed by atoms with van der Waals surface area (Å²) in [7, 11) is 2.10. The van der Waals surface area contributed by atoms with Crippen LogP contribution in [-0.4, -0.2) is 14.3 Å². The maximum absolute atomic E-state index is 6.75. The molecule has 10 rings (SSSR count). The molecule has 2 aromatic heterocycles. The summed E-state index contributed by atoms with van der Waals surface area (Å²) < 4.78 is 13.0. The summed E-state index contributed by atoms with van der Waals surface area (Å²) in [6, 6.07) is 42.9. The van der Waals surface area contributed by atoms with Crippen LogP contribution in [0.1, 0.15) is 128 Å². The van der Waals surface area contributed by atoms with Crippen molar-refractivity contribution in [2.24, 2.45) is 7.05 Å². The van der Waals surface area contributed by atoms with Crippen LogP contribution >= 0.6 is 0 Å². The van der Waals surface area contributed by atoms with E-state index in [1.165, 1.54) is 55.6 Å². The zero-order chi connectivity index (χ0) is 43.2. The van der Waals surface area contributed by atoms with Gasteiger partial charge in [0, 0.05) is 43.4 Å². The van der Waals surface area contributed by atoms with Crippen LogP contribution < -0.4 is 9.30 Å². The Bertz CT molecular complexity index is 3030. The minimum Gasteiger partial charge on any atom is -0.510 e. The van der Waals surface area contributed by atoms with Crippen LogP contribution in [-0.2, 0) is 55.2 Å². The van der Waals surface area contributed by atoms with Gasteiger partial charge in [-0.05, 0) is 83.5 Å². The fourth-order valence-electron chi connectivity index (χ4n) is 10.0. The first kappa shape index (κ1) is 42.1. The summed E-state index contributed by atoms with van der Waals surface area (Å²) >= 11 is 0. The number of aromatic nitrogens is 4. The summed E-state index contributed by atoms with van der Waals surface area (Å²) in [5.74, 6) is 1.21. The van der Waals surface area contributed by atoms with Crippen molar-refractivity contribution in [2.75, 3.05) is 0 Å². The number of nitrogens with zero attached hydrogens (tertiary/aromatic N) is 4. The third-order valence-electron chi connectivity index (χ3n) is 13.1. The number of hydrogen-bond acceptors (Lipinski definition) is 2. The predicted molar refractivity (Wildman–Crippen MR) is 248 cm³/mol. The van der Waals surface area contributed by atoms with Crippen LogP contribution in [0.5, 0.6) is 11.5 Å². The van der Waals surface area contributed by atoms with Crippen molar-refractivity contribution in [3.63, 3.8) is 0 Å². The van der Waals surface area contributed by atoms with E-state index in [1.54, 1.807) is 0 Å². The summed E-state index contributed by atoms with van der Waals surface area (Å²) in [6.07, 6.45) is 5.60. The summed E-state index contributed by atoms with van der Waals surface area (Å²) in [4.78, 5) is 0. The average molecular weight is 996 g/mol. The van der Waals surface area contributed by atoms with Crippen LogP contribution in [0.3, 0.4) is 0 Å². The molecule has 0 atom stereocenters. The van der Waals surface area contributed by atoms with Gasteiger partial charge in [0.05, 0.1) is 29.8 Å². The second-order valence-electron chi connectivity index (χ2n) is 21.5. The molecule has 2 aliphatic rings. The molecule has 6 heteroatoms. The van der Waals surface area contributed by atoms with E-state index in [4.69, 9.17) is 9.84 Å². The maximum atomic E-state index is 6.75. The van der Waals surface area contributed by atoms with E-state index >= 15 is 0 Å². The molecule has 0 saturated heterocycles. The van der Waals surface area contributed by atoms with E-state index < -0.39 is 5.41 Å². The minimum absolute atomic E-state index is 0. The van der Waals surface area contributed by atoms with Crippen LogP contribution in [0.15, 0.2) is 103 Å². The first-order valence-corrected chi connectivity index (χ1v) is 21.7. The molecule has 0 fully saturated rings. The van der Waals surface area contributed by atoms with Gasteiger partial charge in [-0.3, -0.25) is 4.68 Å². The minimum atomic E-state index is -0.672. The van der Waals surface area contributed by atoms with E-state index in [0.717, 1.165) is 33.3 Å². The van der Waals surface area contributed by atoms with Gasteiger partial charge < -0.3 is 13.9 Å². The molecule has 1 aliphatic carbocycles. The molecule has 62 heavy (non-hydrogen) atoms. The Labute approximate surface area is 382 Å². The molecule has 0 saturated carbocycles. The van der Waals surface area contributed by atoms with Gasteiger partial charge in [-0.15, -0.1) is 35.9 Å². The fourth-order valence-corrected chi connectivity index (χ4v) is 10.0. The second kappa shape index (κ2) is 13.9. The van der Waals surface area contributed by atoms with Crippen molar-refractivity contribution >= 4 is 21.9 Å². The zero-order valence-electron chi connectivity index (χ0n) is 38.3. The van der Waals surface area contributed by atoms with Crippen molar-refractivity contribution < 1.29 is 30.4 Å². The molecule has 8 aromatic rings. The summed E-state index contributed by atoms with van der Waals surface area (Å²) in [6.45, 7) is 28.4. The van der Waals surface area contributed by atoms with Gasteiger partial charge in [0.15, 0.2) is 0 Å². The first-order valence-electron chi connectivity index (χ1n) is 21.7. The topological polar surface area (TPSA) is 35.9 Å². The Hall–Kier alpha value is -5.25. The van der Waals surface area contributed by atoms with Crippen molar-refractivity contribution in [2.45, 2.75) is 110 Å². The molecule has 6 aromatic carbocycles. The van der Waals surface area contributed by atoms with Crippen LogP contribution in [0.25, 0.3) is 44.4 Å². The quantitative estimate of drug-likeness (QED) is 0.131. The number of rotatable bonds is 3. The fraction of sp³-hybridized carbons (Fsp3) is 0.321. The first-order chi connectivity index (χ1) is 28.7. The second-order valence-corrected chi connectivity index (χ2v) is 21.5. The van der Waals surface area contributed by atoms with Gasteiger partial charge in [0.25, 0.3) is 0 Å². The number of ether oxygens (including phenoxy) is 1. The van der Waals surface area contributed by atoms with E-state index in [2.05, 4.69) is 184 Å². The van der Waals surface area contributed by atoms with Crippen molar-refractivity contribution in [3.8, 4) is 34.0 Å². The number of fused-ring (bicyclic) bond motifs is 10. The van der Waals surface area contributed by atoms with Gasteiger partial charge in [-0.25, -0.2) is 0 Å². The van der Waals surface area contributed by atoms with Gasteiger partial charge in [0.1, 0.15) is 0 Å². The molecule has 0 amide bonds. The number of hydrogen-bond donors (Lipinski definition) is 0. The molecular weight excluding hydrogens is 940 g/mol. The standard InChI is InChI=1S/C56H56N4O.Pt/c1-52(2,3)35-26-40-41-27-36(53(4,5)6)29-45(55(10,11)12)50(41)56(49(40)44(28-35)54(7,8)9)42-25-24-39(31-48(42)59-33-58(13)47-23-17-21-43(56)51(47)59)61-38-20-16-19-37(30-38)60-46-22-15-14-18-34(46)32-57-60;/h14-29,32H,1-13H3;/q-2;. The largest absolute Gasteiger partial charge is 0.510 e. The number of imidazole rings is 1. The predicted octanol–water partition coefficient (Wildman–Crippen LogP) is 12.9. The molecule has 0 N–H and O–H groups in total. The van der Waals surface area contributed by atoms with Crippen LogP contribution in [0.4, 0.5) is 0 Å². The molecule has 0 bridgehead atoms. The van der Waals surface area contributed by atoms with Crippen molar-refractivity contribution in [1.82, 2.24) is 14.3 Å². The van der Waals surface area contributed by atoms with E-state index in [9.17, 15) is 0 Å².